The molecule has 0 saturated carbocycles. The molecule has 0 bridgehead atoms. The van der Waals surface area contributed by atoms with Crippen LogP contribution in [-0.2, 0) is 11.2 Å². The van der Waals surface area contributed by atoms with Crippen molar-refractivity contribution in [2.24, 2.45) is 0 Å². The third-order valence-electron chi connectivity index (χ3n) is 3.22. The number of carbonyl (C=O) groups excluding carboxylic acids is 1. The van der Waals surface area contributed by atoms with Gasteiger partial charge in [0, 0.05) is 4.88 Å². The van der Waals surface area contributed by atoms with Crippen LogP contribution in [0.5, 0.6) is 0 Å². The molecule has 1 N–H and O–H groups in total. The summed E-state index contributed by atoms with van der Waals surface area (Å²) in [6.07, 6.45) is 1.38. The second-order valence-electron chi connectivity index (χ2n) is 4.64. The quantitative estimate of drug-likeness (QED) is 0.880. The molecule has 0 saturated heterocycles. The fourth-order valence-electron chi connectivity index (χ4n) is 2.19. The van der Waals surface area contributed by atoms with E-state index in [0.29, 0.717) is 6.42 Å². The highest BCUT2D eigenvalue weighted by atomic mass is 32.1. The van der Waals surface area contributed by atoms with Crippen LogP contribution in [0, 0.1) is 6.92 Å². The molecule has 1 atom stereocenters. The van der Waals surface area contributed by atoms with Crippen molar-refractivity contribution in [3.63, 3.8) is 0 Å². The summed E-state index contributed by atoms with van der Waals surface area (Å²) in [6.45, 7) is 4.19. The number of hydrogen-bond acceptors (Lipinski definition) is 2. The van der Waals surface area contributed by atoms with Crippen LogP contribution >= 0.6 is 11.3 Å². The van der Waals surface area contributed by atoms with Gasteiger partial charge in [0.1, 0.15) is 0 Å². The minimum absolute atomic E-state index is 0.0950. The zero-order valence-corrected chi connectivity index (χ0v) is 12.2. The molecule has 1 aromatic carbocycles. The fraction of sp³-hybridized carbons (Fsp3) is 0.312. The lowest BCUT2D eigenvalue weighted by atomic mass is 9.99. The van der Waals surface area contributed by atoms with E-state index in [4.69, 9.17) is 0 Å². The van der Waals surface area contributed by atoms with E-state index in [-0.39, 0.29) is 11.9 Å². The number of benzene rings is 1. The molecule has 100 valence electrons. The maximum absolute atomic E-state index is 12.1. The molecule has 2 aromatic rings. The molecule has 1 aromatic heterocycles. The zero-order valence-electron chi connectivity index (χ0n) is 11.3. The second-order valence-corrected chi connectivity index (χ2v) is 5.67. The maximum atomic E-state index is 12.1. The molecular weight excluding hydrogens is 254 g/mol. The molecule has 2 nitrogen and oxygen atoms in total. The second kappa shape index (κ2) is 6.53. The molecular formula is C16H19NOS. The summed E-state index contributed by atoms with van der Waals surface area (Å²) in [4.78, 5) is 13.2. The lowest BCUT2D eigenvalue weighted by Gasteiger charge is -2.19. The molecule has 0 aliphatic carbocycles. The monoisotopic (exact) mass is 273 g/mol. The van der Waals surface area contributed by atoms with Crippen LogP contribution in [0.15, 0.2) is 41.8 Å². The van der Waals surface area contributed by atoms with E-state index in [9.17, 15) is 4.79 Å². The Morgan fingerprint density at radius 2 is 2.05 bits per heavy atom. The predicted molar refractivity (Wildman–Crippen MR) is 80.4 cm³/mol. The van der Waals surface area contributed by atoms with Gasteiger partial charge in [0.25, 0.3) is 0 Å². The van der Waals surface area contributed by atoms with Crippen LogP contribution < -0.4 is 5.32 Å². The predicted octanol–water partition coefficient (Wildman–Crippen LogP) is 3.87. The van der Waals surface area contributed by atoms with Crippen LogP contribution in [0.1, 0.15) is 35.4 Å². The van der Waals surface area contributed by atoms with Crippen molar-refractivity contribution < 1.29 is 4.79 Å². The van der Waals surface area contributed by atoms with E-state index in [1.54, 1.807) is 11.3 Å². The summed E-state index contributed by atoms with van der Waals surface area (Å²) in [5.41, 5.74) is 2.44. The van der Waals surface area contributed by atoms with E-state index in [1.165, 1.54) is 11.1 Å². The normalized spacial score (nSPS) is 12.1. The minimum Gasteiger partial charge on any atom is -0.349 e. The Balaban J connectivity index is 2.03. The Labute approximate surface area is 118 Å². The van der Waals surface area contributed by atoms with Gasteiger partial charge < -0.3 is 5.32 Å². The van der Waals surface area contributed by atoms with Gasteiger partial charge in [-0.2, -0.15) is 0 Å². The zero-order chi connectivity index (χ0) is 13.7. The molecule has 0 radical (unpaired) electrons. The van der Waals surface area contributed by atoms with E-state index in [1.807, 2.05) is 29.6 Å². The average molecular weight is 273 g/mol. The van der Waals surface area contributed by atoms with Gasteiger partial charge in [0.05, 0.1) is 12.5 Å². The maximum Gasteiger partial charge on any atom is 0.225 e. The Morgan fingerprint density at radius 1 is 1.26 bits per heavy atom. The van der Waals surface area contributed by atoms with Crippen LogP contribution in [0.3, 0.4) is 0 Å². The minimum atomic E-state index is 0.0950. The molecule has 0 spiro atoms. The van der Waals surface area contributed by atoms with Gasteiger partial charge in [-0.3, -0.25) is 4.79 Å². The topological polar surface area (TPSA) is 29.1 Å². The van der Waals surface area contributed by atoms with Gasteiger partial charge in [-0.05, 0) is 35.9 Å². The number of nitrogens with one attached hydrogen (secondary N) is 1. The molecule has 1 heterocycles. The van der Waals surface area contributed by atoms with Crippen LogP contribution in [0.2, 0.25) is 0 Å². The highest BCUT2D eigenvalue weighted by Gasteiger charge is 2.14. The number of hydrogen-bond donors (Lipinski definition) is 1. The molecule has 19 heavy (non-hydrogen) atoms. The summed E-state index contributed by atoms with van der Waals surface area (Å²) in [5.74, 6) is 0.0950. The average Bonchev–Trinajstić information content (AvgIpc) is 2.89. The van der Waals surface area contributed by atoms with Crippen molar-refractivity contribution in [2.75, 3.05) is 0 Å². The van der Waals surface area contributed by atoms with Gasteiger partial charge in [0.2, 0.25) is 5.91 Å². The Morgan fingerprint density at radius 3 is 2.68 bits per heavy atom. The van der Waals surface area contributed by atoms with Gasteiger partial charge in [0.15, 0.2) is 0 Å². The Hall–Kier alpha value is -1.61. The largest absolute Gasteiger partial charge is 0.349 e. The van der Waals surface area contributed by atoms with Gasteiger partial charge in [-0.25, -0.2) is 0 Å². The number of rotatable bonds is 5. The molecule has 0 aliphatic rings. The highest BCUT2D eigenvalue weighted by molar-refractivity contribution is 7.10. The summed E-state index contributed by atoms with van der Waals surface area (Å²) in [5, 5.41) is 5.13. The molecule has 0 aliphatic heterocycles. The number of amides is 1. The van der Waals surface area contributed by atoms with Crippen LogP contribution in [0.4, 0.5) is 0 Å². The first kappa shape index (κ1) is 13.8. The molecule has 3 heteroatoms. The highest BCUT2D eigenvalue weighted by Crippen LogP contribution is 2.20. The van der Waals surface area contributed by atoms with Crippen molar-refractivity contribution in [1.29, 1.82) is 0 Å². The van der Waals surface area contributed by atoms with E-state index < -0.39 is 0 Å². The van der Waals surface area contributed by atoms with E-state index in [2.05, 4.69) is 31.3 Å². The molecule has 0 unspecified atom stereocenters. The first-order chi connectivity index (χ1) is 9.20. The van der Waals surface area contributed by atoms with Crippen molar-refractivity contribution >= 4 is 17.2 Å². The number of thiophene rings is 1. The van der Waals surface area contributed by atoms with E-state index >= 15 is 0 Å². The van der Waals surface area contributed by atoms with Gasteiger partial charge >= 0.3 is 0 Å². The Kier molecular flexibility index (Phi) is 4.74. The lowest BCUT2D eigenvalue weighted by molar-refractivity contribution is -0.121. The van der Waals surface area contributed by atoms with Gasteiger partial charge in [-0.15, -0.1) is 11.3 Å². The smallest absolute Gasteiger partial charge is 0.225 e. The van der Waals surface area contributed by atoms with Crippen LogP contribution in [0.25, 0.3) is 0 Å². The summed E-state index contributed by atoms with van der Waals surface area (Å²) in [6, 6.07) is 12.3. The molecule has 0 fully saturated rings. The molecule has 2 rings (SSSR count). The van der Waals surface area contributed by atoms with Crippen molar-refractivity contribution in [3.8, 4) is 0 Å². The lowest BCUT2D eigenvalue weighted by Crippen LogP contribution is -2.29. The standard InChI is InChI=1S/C16H19NOS/c1-3-15(14-9-5-4-7-12(14)2)17-16(18)11-13-8-6-10-19-13/h4-10,15H,3,11H2,1-2H3,(H,17,18)/t15-/m1/s1. The third-order valence-corrected chi connectivity index (χ3v) is 4.10. The van der Waals surface area contributed by atoms with Crippen molar-refractivity contribution in [2.45, 2.75) is 32.7 Å². The van der Waals surface area contributed by atoms with E-state index in [0.717, 1.165) is 11.3 Å². The molecule has 1 amide bonds. The van der Waals surface area contributed by atoms with Crippen molar-refractivity contribution in [3.05, 3.63) is 57.8 Å². The summed E-state index contributed by atoms with van der Waals surface area (Å²) >= 11 is 1.62. The SMILES string of the molecule is CC[C@@H](NC(=O)Cc1cccs1)c1ccccc1C. The summed E-state index contributed by atoms with van der Waals surface area (Å²) in [7, 11) is 0. The Bertz CT molecular complexity index is 533. The van der Waals surface area contributed by atoms with Gasteiger partial charge in [-0.1, -0.05) is 37.3 Å². The van der Waals surface area contributed by atoms with Crippen LogP contribution in [-0.4, -0.2) is 5.91 Å². The third kappa shape index (κ3) is 3.67. The number of carbonyl (C=O) groups is 1. The number of aryl methyl sites for hydroxylation is 1. The summed E-state index contributed by atoms with van der Waals surface area (Å²) < 4.78 is 0. The van der Waals surface area contributed by atoms with Crippen molar-refractivity contribution in [1.82, 2.24) is 5.32 Å². The first-order valence-electron chi connectivity index (χ1n) is 6.58. The first-order valence-corrected chi connectivity index (χ1v) is 7.46. The fourth-order valence-corrected chi connectivity index (χ4v) is 2.90.